The number of rotatable bonds is 6. The highest BCUT2D eigenvalue weighted by molar-refractivity contribution is 9.10. The molecule has 0 aliphatic rings. The minimum Gasteiger partial charge on any atom is -0.396 e. The molecule has 1 atom stereocenters. The van der Waals surface area contributed by atoms with Crippen molar-refractivity contribution >= 4 is 21.8 Å². The topological polar surface area (TPSA) is 49.3 Å². The number of benzene rings is 1. The molecular formula is C13H17BrFNO2. The molecule has 0 saturated heterocycles. The molecule has 0 radical (unpaired) electrons. The van der Waals surface area contributed by atoms with Crippen LogP contribution in [0.3, 0.4) is 0 Å². The number of carbonyl (C=O) groups is 1. The third-order valence-corrected chi connectivity index (χ3v) is 3.36. The number of aryl methyl sites for hydroxylation is 1. The van der Waals surface area contributed by atoms with Gasteiger partial charge in [-0.1, -0.05) is 22.9 Å². The summed E-state index contributed by atoms with van der Waals surface area (Å²) in [5.74, 6) is -0.344. The van der Waals surface area contributed by atoms with Crippen molar-refractivity contribution in [2.75, 3.05) is 13.2 Å². The second kappa shape index (κ2) is 7.48. The molecule has 0 spiro atoms. The summed E-state index contributed by atoms with van der Waals surface area (Å²) in [6.45, 7) is 2.36. The molecule has 0 aliphatic carbocycles. The van der Waals surface area contributed by atoms with Crippen LogP contribution >= 0.6 is 15.9 Å². The Hall–Kier alpha value is -0.940. The summed E-state index contributed by atoms with van der Waals surface area (Å²) in [5, 5.41) is 11.6. The van der Waals surface area contributed by atoms with Crippen molar-refractivity contribution in [3.8, 4) is 0 Å². The van der Waals surface area contributed by atoms with Crippen molar-refractivity contribution < 1.29 is 14.3 Å². The average molecular weight is 318 g/mol. The number of nitrogens with one attached hydrogen (secondary N) is 1. The summed E-state index contributed by atoms with van der Waals surface area (Å²) in [6, 6.07) is 4.43. The van der Waals surface area contributed by atoms with Crippen LogP contribution in [0.15, 0.2) is 22.7 Å². The van der Waals surface area contributed by atoms with Crippen molar-refractivity contribution in [3.63, 3.8) is 0 Å². The fourth-order valence-electron chi connectivity index (χ4n) is 1.42. The number of hydrogen-bond acceptors (Lipinski definition) is 2. The van der Waals surface area contributed by atoms with Crippen LogP contribution in [0.5, 0.6) is 0 Å². The lowest BCUT2D eigenvalue weighted by Crippen LogP contribution is -2.29. The molecule has 0 aromatic heterocycles. The monoisotopic (exact) mass is 317 g/mol. The zero-order valence-corrected chi connectivity index (χ0v) is 11.8. The molecular weight excluding hydrogens is 301 g/mol. The van der Waals surface area contributed by atoms with Crippen molar-refractivity contribution in [2.24, 2.45) is 5.92 Å². The third kappa shape index (κ3) is 5.14. The van der Waals surface area contributed by atoms with Gasteiger partial charge in [0.25, 0.3) is 0 Å². The summed E-state index contributed by atoms with van der Waals surface area (Å²) in [5.41, 5.74) is 0.778. The molecule has 0 unspecified atom stereocenters. The lowest BCUT2D eigenvalue weighted by molar-refractivity contribution is -0.121. The van der Waals surface area contributed by atoms with Crippen LogP contribution in [0.25, 0.3) is 0 Å². The van der Waals surface area contributed by atoms with Gasteiger partial charge in [0.1, 0.15) is 5.82 Å². The van der Waals surface area contributed by atoms with Crippen LogP contribution in [-0.2, 0) is 11.2 Å². The van der Waals surface area contributed by atoms with Gasteiger partial charge in [0.15, 0.2) is 0 Å². The number of aliphatic hydroxyl groups is 1. The van der Waals surface area contributed by atoms with Gasteiger partial charge in [-0.25, -0.2) is 4.39 Å². The quantitative estimate of drug-likeness (QED) is 0.845. The van der Waals surface area contributed by atoms with Crippen molar-refractivity contribution in [2.45, 2.75) is 19.8 Å². The Kier molecular flexibility index (Phi) is 6.29. The first-order chi connectivity index (χ1) is 8.52. The van der Waals surface area contributed by atoms with Crippen LogP contribution in [0, 0.1) is 11.7 Å². The number of amides is 1. The third-order valence-electron chi connectivity index (χ3n) is 2.59. The van der Waals surface area contributed by atoms with Crippen LogP contribution in [0.1, 0.15) is 18.9 Å². The molecule has 1 aromatic carbocycles. The fourth-order valence-corrected chi connectivity index (χ4v) is 1.87. The first kappa shape index (κ1) is 15.1. The van der Waals surface area contributed by atoms with Crippen molar-refractivity contribution in [1.29, 1.82) is 0 Å². The molecule has 1 amide bonds. The minimum atomic E-state index is -0.303. The predicted molar refractivity (Wildman–Crippen MR) is 71.7 cm³/mol. The van der Waals surface area contributed by atoms with Gasteiger partial charge in [-0.05, 0) is 36.1 Å². The second-order valence-electron chi connectivity index (χ2n) is 4.33. The Morgan fingerprint density at radius 2 is 2.28 bits per heavy atom. The molecule has 3 nitrogen and oxygen atoms in total. The summed E-state index contributed by atoms with van der Waals surface area (Å²) < 4.78 is 13.8. The van der Waals surface area contributed by atoms with Gasteiger partial charge in [-0.2, -0.15) is 0 Å². The van der Waals surface area contributed by atoms with Gasteiger partial charge >= 0.3 is 0 Å². The molecule has 2 N–H and O–H groups in total. The van der Waals surface area contributed by atoms with E-state index in [2.05, 4.69) is 21.2 Å². The fraction of sp³-hybridized carbons (Fsp3) is 0.462. The van der Waals surface area contributed by atoms with Gasteiger partial charge in [0.2, 0.25) is 5.91 Å². The van der Waals surface area contributed by atoms with E-state index in [1.807, 2.05) is 6.92 Å². The molecule has 5 heteroatoms. The summed E-state index contributed by atoms with van der Waals surface area (Å²) in [4.78, 5) is 11.5. The van der Waals surface area contributed by atoms with Gasteiger partial charge in [-0.3, -0.25) is 4.79 Å². The zero-order chi connectivity index (χ0) is 13.5. The van der Waals surface area contributed by atoms with E-state index in [0.717, 1.165) is 10.0 Å². The Balaban J connectivity index is 2.40. The van der Waals surface area contributed by atoms with Gasteiger partial charge in [0, 0.05) is 24.0 Å². The molecule has 0 aliphatic heterocycles. The molecule has 0 heterocycles. The standard InChI is InChI=1S/C13H17BrFNO2/c1-9(8-17)7-16-13(18)5-2-10-6-11(15)3-4-12(10)14/h3-4,6,9,17H,2,5,7-8H2,1H3,(H,16,18)/t9-/m0/s1. The van der Waals surface area contributed by atoms with Crippen LogP contribution < -0.4 is 5.32 Å². The van der Waals surface area contributed by atoms with Gasteiger partial charge < -0.3 is 10.4 Å². The average Bonchev–Trinajstić information content (AvgIpc) is 2.36. The van der Waals surface area contributed by atoms with E-state index in [-0.39, 0.29) is 24.2 Å². The van der Waals surface area contributed by atoms with E-state index in [9.17, 15) is 9.18 Å². The van der Waals surface area contributed by atoms with Crippen LogP contribution in [0.4, 0.5) is 4.39 Å². The Morgan fingerprint density at radius 3 is 2.94 bits per heavy atom. The molecule has 0 saturated carbocycles. The number of hydrogen-bond donors (Lipinski definition) is 2. The molecule has 0 fully saturated rings. The Bertz CT molecular complexity index is 412. The highest BCUT2D eigenvalue weighted by atomic mass is 79.9. The SMILES string of the molecule is C[C@H](CO)CNC(=O)CCc1cc(F)ccc1Br. The molecule has 1 aromatic rings. The van der Waals surface area contributed by atoms with E-state index in [1.54, 1.807) is 6.07 Å². The second-order valence-corrected chi connectivity index (χ2v) is 5.18. The lowest BCUT2D eigenvalue weighted by Gasteiger charge is -2.10. The summed E-state index contributed by atoms with van der Waals surface area (Å²) >= 11 is 3.32. The predicted octanol–water partition coefficient (Wildman–Crippen LogP) is 2.27. The van der Waals surface area contributed by atoms with Crippen LogP contribution in [-0.4, -0.2) is 24.2 Å². The summed E-state index contributed by atoms with van der Waals surface area (Å²) in [6.07, 6.45) is 0.790. The van der Waals surface area contributed by atoms with Crippen molar-refractivity contribution in [3.05, 3.63) is 34.1 Å². The maximum Gasteiger partial charge on any atom is 0.220 e. The normalized spacial score (nSPS) is 12.2. The van der Waals surface area contributed by atoms with E-state index >= 15 is 0 Å². The molecule has 1 rings (SSSR count). The first-order valence-corrected chi connectivity index (χ1v) is 6.63. The maximum absolute atomic E-state index is 13.0. The highest BCUT2D eigenvalue weighted by Crippen LogP contribution is 2.19. The van der Waals surface area contributed by atoms with Gasteiger partial charge in [-0.15, -0.1) is 0 Å². The van der Waals surface area contributed by atoms with E-state index in [1.165, 1.54) is 12.1 Å². The maximum atomic E-state index is 13.0. The first-order valence-electron chi connectivity index (χ1n) is 5.84. The summed E-state index contributed by atoms with van der Waals surface area (Å²) in [7, 11) is 0. The van der Waals surface area contributed by atoms with E-state index in [4.69, 9.17) is 5.11 Å². The Morgan fingerprint density at radius 1 is 1.56 bits per heavy atom. The zero-order valence-electron chi connectivity index (χ0n) is 10.2. The number of halogens is 2. The number of carbonyl (C=O) groups excluding carboxylic acids is 1. The molecule has 0 bridgehead atoms. The van der Waals surface area contributed by atoms with Crippen LogP contribution in [0.2, 0.25) is 0 Å². The molecule has 100 valence electrons. The number of aliphatic hydroxyl groups excluding tert-OH is 1. The molecule has 18 heavy (non-hydrogen) atoms. The Labute approximate surface area is 115 Å². The van der Waals surface area contributed by atoms with Crippen molar-refractivity contribution in [1.82, 2.24) is 5.32 Å². The lowest BCUT2D eigenvalue weighted by atomic mass is 10.1. The van der Waals surface area contributed by atoms with E-state index in [0.29, 0.717) is 19.4 Å². The van der Waals surface area contributed by atoms with Gasteiger partial charge in [0.05, 0.1) is 0 Å². The largest absolute Gasteiger partial charge is 0.396 e. The smallest absolute Gasteiger partial charge is 0.220 e. The minimum absolute atomic E-state index is 0.0508. The highest BCUT2D eigenvalue weighted by Gasteiger charge is 2.07. The van der Waals surface area contributed by atoms with E-state index < -0.39 is 0 Å².